The zero-order valence-electron chi connectivity index (χ0n) is 6.78. The van der Waals surface area contributed by atoms with Crippen LogP contribution in [0, 0.1) is 17.8 Å². The Morgan fingerprint density at radius 2 is 1.64 bits per heavy atom. The molecule has 0 aromatic heterocycles. The second-order valence-electron chi connectivity index (χ2n) is 3.65. The van der Waals surface area contributed by atoms with Gasteiger partial charge in [-0.15, -0.1) is 0 Å². The molecule has 0 bridgehead atoms. The zero-order chi connectivity index (χ0) is 8.65. The predicted molar refractivity (Wildman–Crippen MR) is 37.1 cm³/mol. The molecule has 66 valence electrons. The molecule has 1 aliphatic carbocycles. The minimum atomic E-state index is -3.98. The summed E-state index contributed by atoms with van der Waals surface area (Å²) in [6.07, 6.45) is -2.44. The van der Waals surface area contributed by atoms with Crippen LogP contribution in [-0.2, 0) is 0 Å². The van der Waals surface area contributed by atoms with E-state index in [1.807, 2.05) is 0 Å². The van der Waals surface area contributed by atoms with Gasteiger partial charge in [-0.25, -0.2) is 0 Å². The van der Waals surface area contributed by atoms with Gasteiger partial charge in [0.2, 0.25) is 0 Å². The van der Waals surface area contributed by atoms with Crippen LogP contribution < -0.4 is 0 Å². The van der Waals surface area contributed by atoms with E-state index in [2.05, 4.69) is 0 Å². The van der Waals surface area contributed by atoms with E-state index < -0.39 is 12.1 Å². The molecule has 0 nitrogen and oxygen atoms in total. The summed E-state index contributed by atoms with van der Waals surface area (Å²) in [5, 5.41) is 0. The number of hydrogen-bond acceptors (Lipinski definition) is 0. The summed E-state index contributed by atoms with van der Waals surface area (Å²) in [7, 11) is 0. The molecule has 0 spiro atoms. The molecule has 1 saturated carbocycles. The van der Waals surface area contributed by atoms with E-state index >= 15 is 0 Å². The average molecular weight is 166 g/mol. The molecule has 0 aliphatic heterocycles. The van der Waals surface area contributed by atoms with Gasteiger partial charge in [-0.3, -0.25) is 0 Å². The number of hydrogen-bond donors (Lipinski definition) is 0. The van der Waals surface area contributed by atoms with Crippen molar-refractivity contribution in [3.63, 3.8) is 0 Å². The Labute approximate surface area is 64.8 Å². The summed E-state index contributed by atoms with van der Waals surface area (Å²) in [5.74, 6) is -1.39. The lowest BCUT2D eigenvalue weighted by Gasteiger charge is -2.23. The van der Waals surface area contributed by atoms with Crippen molar-refractivity contribution in [2.24, 2.45) is 17.8 Å². The summed E-state index contributed by atoms with van der Waals surface area (Å²) in [5.41, 5.74) is 0. The third kappa shape index (κ3) is 2.11. The van der Waals surface area contributed by atoms with Crippen molar-refractivity contribution in [2.45, 2.75) is 32.9 Å². The molecule has 1 rings (SSSR count). The lowest BCUT2D eigenvalue weighted by atomic mass is 9.90. The summed E-state index contributed by atoms with van der Waals surface area (Å²) in [6, 6.07) is 0. The molecular formula is C8H13F3. The van der Waals surface area contributed by atoms with Crippen LogP contribution in [0.4, 0.5) is 13.2 Å². The molecule has 0 saturated heterocycles. The quantitative estimate of drug-likeness (QED) is 0.590. The lowest BCUT2D eigenvalue weighted by molar-refractivity contribution is -0.191. The first-order valence-electron chi connectivity index (χ1n) is 3.99. The van der Waals surface area contributed by atoms with Crippen molar-refractivity contribution < 1.29 is 13.2 Å². The largest absolute Gasteiger partial charge is 0.392 e. The van der Waals surface area contributed by atoms with Crippen LogP contribution in [0.15, 0.2) is 0 Å². The van der Waals surface area contributed by atoms with Crippen molar-refractivity contribution in [3.05, 3.63) is 0 Å². The topological polar surface area (TPSA) is 0 Å². The highest BCUT2D eigenvalue weighted by molar-refractivity contribution is 4.87. The number of rotatable bonds is 2. The van der Waals surface area contributed by atoms with Gasteiger partial charge < -0.3 is 0 Å². The monoisotopic (exact) mass is 166 g/mol. The normalized spacial score (nSPS) is 22.4. The van der Waals surface area contributed by atoms with Gasteiger partial charge in [0.15, 0.2) is 0 Å². The Hall–Kier alpha value is -0.210. The summed E-state index contributed by atoms with van der Waals surface area (Å²) >= 11 is 0. The fourth-order valence-corrected chi connectivity index (χ4v) is 1.64. The fourth-order valence-electron chi connectivity index (χ4n) is 1.64. The van der Waals surface area contributed by atoms with Crippen molar-refractivity contribution in [2.75, 3.05) is 0 Å². The van der Waals surface area contributed by atoms with E-state index in [0.717, 1.165) is 12.8 Å². The van der Waals surface area contributed by atoms with Gasteiger partial charge in [-0.05, 0) is 24.7 Å². The molecule has 0 aromatic carbocycles. The van der Waals surface area contributed by atoms with Crippen LogP contribution in [0.3, 0.4) is 0 Å². The van der Waals surface area contributed by atoms with Gasteiger partial charge in [0, 0.05) is 0 Å². The highest BCUT2D eigenvalue weighted by atomic mass is 19.4. The van der Waals surface area contributed by atoms with Crippen molar-refractivity contribution in [3.8, 4) is 0 Å². The first kappa shape index (κ1) is 8.88. The number of halogens is 3. The maximum atomic E-state index is 12.3. The minimum Gasteiger partial charge on any atom is -0.171 e. The van der Waals surface area contributed by atoms with E-state index in [4.69, 9.17) is 0 Å². The fraction of sp³-hybridized carbons (Fsp3) is 1.00. The Balaban J connectivity index is 2.58. The van der Waals surface area contributed by atoms with Gasteiger partial charge in [0.1, 0.15) is 0 Å². The van der Waals surface area contributed by atoms with Crippen molar-refractivity contribution in [1.29, 1.82) is 0 Å². The molecule has 1 fully saturated rings. The van der Waals surface area contributed by atoms with E-state index in [0.29, 0.717) is 0 Å². The van der Waals surface area contributed by atoms with Gasteiger partial charge in [0.05, 0.1) is 5.92 Å². The SMILES string of the molecule is CC(C)C(C1CC1)C(F)(F)F. The second-order valence-corrected chi connectivity index (χ2v) is 3.65. The molecule has 1 unspecified atom stereocenters. The van der Waals surface area contributed by atoms with Gasteiger partial charge in [0.25, 0.3) is 0 Å². The Bertz CT molecular complexity index is 131. The lowest BCUT2D eigenvalue weighted by Crippen LogP contribution is -2.29. The van der Waals surface area contributed by atoms with Gasteiger partial charge in [-0.2, -0.15) is 13.2 Å². The number of alkyl halides is 3. The smallest absolute Gasteiger partial charge is 0.171 e. The van der Waals surface area contributed by atoms with E-state index in [1.54, 1.807) is 13.8 Å². The van der Waals surface area contributed by atoms with E-state index in [-0.39, 0.29) is 11.8 Å². The van der Waals surface area contributed by atoms with Crippen LogP contribution in [0.25, 0.3) is 0 Å². The molecule has 3 heteroatoms. The van der Waals surface area contributed by atoms with Crippen LogP contribution in [0.1, 0.15) is 26.7 Å². The molecule has 0 heterocycles. The van der Waals surface area contributed by atoms with Crippen molar-refractivity contribution >= 4 is 0 Å². The molecular weight excluding hydrogens is 153 g/mol. The summed E-state index contributed by atoms with van der Waals surface area (Å²) in [4.78, 5) is 0. The van der Waals surface area contributed by atoms with Crippen LogP contribution >= 0.6 is 0 Å². The van der Waals surface area contributed by atoms with Crippen LogP contribution in [0.5, 0.6) is 0 Å². The Morgan fingerprint density at radius 3 is 1.73 bits per heavy atom. The molecule has 1 aliphatic rings. The van der Waals surface area contributed by atoms with Gasteiger partial charge >= 0.3 is 6.18 Å². The molecule has 0 amide bonds. The first-order chi connectivity index (χ1) is 4.93. The highest BCUT2D eigenvalue weighted by Gasteiger charge is 2.49. The van der Waals surface area contributed by atoms with Crippen LogP contribution in [-0.4, -0.2) is 6.18 Å². The van der Waals surface area contributed by atoms with Crippen LogP contribution in [0.2, 0.25) is 0 Å². The predicted octanol–water partition coefficient (Wildman–Crippen LogP) is 3.23. The van der Waals surface area contributed by atoms with Crippen molar-refractivity contribution in [1.82, 2.24) is 0 Å². The maximum absolute atomic E-state index is 12.3. The average Bonchev–Trinajstić information content (AvgIpc) is 2.42. The Kier molecular flexibility index (Phi) is 2.17. The highest BCUT2D eigenvalue weighted by Crippen LogP contribution is 2.48. The maximum Gasteiger partial charge on any atom is 0.392 e. The molecule has 11 heavy (non-hydrogen) atoms. The standard InChI is InChI=1S/C8H13F3/c1-5(2)7(6-3-4-6)8(9,10)11/h5-7H,3-4H2,1-2H3. The molecule has 1 atom stereocenters. The molecule has 0 aromatic rings. The second kappa shape index (κ2) is 2.68. The van der Waals surface area contributed by atoms with E-state index in [1.165, 1.54) is 0 Å². The third-order valence-electron chi connectivity index (χ3n) is 2.23. The van der Waals surface area contributed by atoms with E-state index in [9.17, 15) is 13.2 Å². The third-order valence-corrected chi connectivity index (χ3v) is 2.23. The minimum absolute atomic E-state index is 0.0741. The summed E-state index contributed by atoms with van der Waals surface area (Å²) < 4.78 is 36.8. The molecule has 0 N–H and O–H groups in total. The molecule has 0 radical (unpaired) electrons. The zero-order valence-corrected chi connectivity index (χ0v) is 6.78. The first-order valence-corrected chi connectivity index (χ1v) is 3.99. The van der Waals surface area contributed by atoms with Gasteiger partial charge in [-0.1, -0.05) is 13.8 Å². The summed E-state index contributed by atoms with van der Waals surface area (Å²) in [6.45, 7) is 3.30. The Morgan fingerprint density at radius 1 is 1.18 bits per heavy atom.